The predicted octanol–water partition coefficient (Wildman–Crippen LogP) is 0.940. The van der Waals surface area contributed by atoms with Gasteiger partial charge in [-0.05, 0) is 0 Å². The largest absolute Gasteiger partial charge is 0.302 e. The van der Waals surface area contributed by atoms with Crippen molar-refractivity contribution in [3.63, 3.8) is 0 Å². The molecular formula is C5H3F2NO2S. The monoisotopic (exact) mass is 179 g/mol. The summed E-state index contributed by atoms with van der Waals surface area (Å²) in [5, 5.41) is 0. The minimum Gasteiger partial charge on any atom is -0.302 e. The molecule has 1 heterocycles. The minimum absolute atomic E-state index is 0.673. The van der Waals surface area contributed by atoms with Crippen LogP contribution in [0.2, 0.25) is 0 Å². The molecule has 60 valence electrons. The van der Waals surface area contributed by atoms with Crippen molar-refractivity contribution in [1.82, 2.24) is 4.98 Å². The lowest BCUT2D eigenvalue weighted by Gasteiger charge is -1.96. The number of halogens is 2. The van der Waals surface area contributed by atoms with Crippen molar-refractivity contribution in [1.29, 1.82) is 0 Å². The Labute approximate surface area is 63.4 Å². The first-order chi connectivity index (χ1) is 5.13. The predicted molar refractivity (Wildman–Crippen MR) is 33.2 cm³/mol. The third kappa shape index (κ3) is 1.58. The van der Waals surface area contributed by atoms with Crippen LogP contribution >= 0.6 is 0 Å². The quantitative estimate of drug-likeness (QED) is 0.652. The molecule has 1 aromatic heterocycles. The summed E-state index contributed by atoms with van der Waals surface area (Å²) in [5.74, 6) is -2.24. The average molecular weight is 179 g/mol. The lowest BCUT2D eigenvalue weighted by Crippen LogP contribution is -1.98. The molecule has 0 fully saturated rings. The highest BCUT2D eigenvalue weighted by atomic mass is 32.2. The second kappa shape index (κ2) is 3.02. The van der Waals surface area contributed by atoms with E-state index in [0.717, 1.165) is 0 Å². The van der Waals surface area contributed by atoms with E-state index in [-0.39, 0.29) is 0 Å². The van der Waals surface area contributed by atoms with Gasteiger partial charge in [-0.3, -0.25) is 4.98 Å². The molecule has 0 amide bonds. The van der Waals surface area contributed by atoms with Gasteiger partial charge in [-0.15, -0.1) is 0 Å². The molecule has 6 heteroatoms. The Hall–Kier alpha value is -0.880. The molecule has 1 aromatic rings. The summed E-state index contributed by atoms with van der Waals surface area (Å²) >= 11 is -2.64. The van der Waals surface area contributed by atoms with E-state index in [1.807, 2.05) is 0 Å². The first-order valence-electron chi connectivity index (χ1n) is 2.53. The van der Waals surface area contributed by atoms with Crippen LogP contribution in [0.5, 0.6) is 0 Å². The van der Waals surface area contributed by atoms with E-state index < -0.39 is 27.6 Å². The Morgan fingerprint density at radius 2 is 1.82 bits per heavy atom. The molecule has 0 aliphatic heterocycles. The molecule has 0 spiro atoms. The van der Waals surface area contributed by atoms with Crippen molar-refractivity contribution in [2.75, 3.05) is 0 Å². The molecule has 3 nitrogen and oxygen atoms in total. The van der Waals surface area contributed by atoms with Gasteiger partial charge in [0.25, 0.3) is 0 Å². The van der Waals surface area contributed by atoms with Crippen LogP contribution in [-0.4, -0.2) is 13.7 Å². The van der Waals surface area contributed by atoms with Crippen LogP contribution in [0.3, 0.4) is 0 Å². The number of rotatable bonds is 1. The molecule has 0 aromatic carbocycles. The first kappa shape index (κ1) is 8.22. The number of hydrogen-bond donors (Lipinski definition) is 1. The number of hydrogen-bond acceptors (Lipinski definition) is 2. The van der Waals surface area contributed by atoms with Gasteiger partial charge in [0.2, 0.25) is 0 Å². The van der Waals surface area contributed by atoms with Gasteiger partial charge in [0.1, 0.15) is 4.90 Å². The zero-order valence-corrected chi connectivity index (χ0v) is 5.94. The summed E-state index contributed by atoms with van der Waals surface area (Å²) in [5.41, 5.74) is 0. The fraction of sp³-hybridized carbons (Fsp3) is 0. The Kier molecular flexibility index (Phi) is 2.25. The molecule has 1 rings (SSSR count). The van der Waals surface area contributed by atoms with E-state index in [9.17, 15) is 13.0 Å². The van der Waals surface area contributed by atoms with E-state index in [1.54, 1.807) is 0 Å². The van der Waals surface area contributed by atoms with Gasteiger partial charge in [-0.25, -0.2) is 13.0 Å². The number of nitrogens with zero attached hydrogens (tertiary/aromatic N) is 1. The van der Waals surface area contributed by atoms with Crippen LogP contribution in [-0.2, 0) is 11.1 Å². The summed E-state index contributed by atoms with van der Waals surface area (Å²) in [6.07, 6.45) is 1.35. The van der Waals surface area contributed by atoms with Gasteiger partial charge in [-0.1, -0.05) is 0 Å². The molecule has 1 N–H and O–H groups in total. The van der Waals surface area contributed by atoms with Gasteiger partial charge in [0.05, 0.1) is 12.4 Å². The van der Waals surface area contributed by atoms with Crippen LogP contribution in [0.15, 0.2) is 17.3 Å². The van der Waals surface area contributed by atoms with Crippen molar-refractivity contribution >= 4 is 11.1 Å². The zero-order chi connectivity index (χ0) is 8.43. The second-order valence-electron chi connectivity index (χ2n) is 1.68. The fourth-order valence-electron chi connectivity index (χ4n) is 0.566. The minimum atomic E-state index is -2.64. The second-order valence-corrected chi connectivity index (χ2v) is 2.59. The van der Waals surface area contributed by atoms with Gasteiger partial charge >= 0.3 is 0 Å². The SMILES string of the molecule is O=S(O)c1c(F)cncc1F. The lowest BCUT2D eigenvalue weighted by atomic mass is 10.5. The van der Waals surface area contributed by atoms with Crippen LogP contribution in [0.1, 0.15) is 0 Å². The van der Waals surface area contributed by atoms with Crippen molar-refractivity contribution in [2.45, 2.75) is 4.90 Å². The zero-order valence-electron chi connectivity index (χ0n) is 5.12. The summed E-state index contributed by atoms with van der Waals surface area (Å²) in [7, 11) is 0. The highest BCUT2D eigenvalue weighted by Gasteiger charge is 2.13. The smallest absolute Gasteiger partial charge is 0.192 e. The maximum atomic E-state index is 12.4. The van der Waals surface area contributed by atoms with Gasteiger partial charge in [-0.2, -0.15) is 0 Å². The van der Waals surface area contributed by atoms with E-state index >= 15 is 0 Å². The normalized spacial score (nSPS) is 13.0. The molecule has 11 heavy (non-hydrogen) atoms. The molecule has 0 aliphatic carbocycles. The Balaban J connectivity index is 3.32. The third-order valence-corrected chi connectivity index (χ3v) is 1.72. The van der Waals surface area contributed by atoms with Crippen molar-refractivity contribution in [2.24, 2.45) is 0 Å². The third-order valence-electron chi connectivity index (χ3n) is 0.984. The average Bonchev–Trinajstić information content (AvgIpc) is 1.85. The lowest BCUT2D eigenvalue weighted by molar-refractivity contribution is 0.501. The van der Waals surface area contributed by atoms with Crippen molar-refractivity contribution in [3.8, 4) is 0 Å². The molecule has 0 bridgehead atoms. The highest BCUT2D eigenvalue weighted by molar-refractivity contribution is 7.79. The molecule has 0 aliphatic rings. The summed E-state index contributed by atoms with van der Waals surface area (Å²) < 4.78 is 43.5. The Bertz CT molecular complexity index is 284. The van der Waals surface area contributed by atoms with Crippen LogP contribution in [0.4, 0.5) is 8.78 Å². The van der Waals surface area contributed by atoms with Crippen LogP contribution in [0, 0.1) is 11.6 Å². The topological polar surface area (TPSA) is 50.2 Å². The molecule has 0 radical (unpaired) electrons. The molecule has 0 saturated heterocycles. The Morgan fingerprint density at radius 1 is 1.36 bits per heavy atom. The van der Waals surface area contributed by atoms with E-state index in [0.29, 0.717) is 12.4 Å². The maximum absolute atomic E-state index is 12.4. The van der Waals surface area contributed by atoms with E-state index in [1.165, 1.54) is 0 Å². The maximum Gasteiger partial charge on any atom is 0.192 e. The molecule has 1 unspecified atom stereocenters. The van der Waals surface area contributed by atoms with Gasteiger partial charge in [0.15, 0.2) is 22.7 Å². The molecule has 1 atom stereocenters. The van der Waals surface area contributed by atoms with Crippen molar-refractivity contribution in [3.05, 3.63) is 24.0 Å². The number of pyridine rings is 1. The molecule has 0 saturated carbocycles. The van der Waals surface area contributed by atoms with E-state index in [4.69, 9.17) is 4.55 Å². The fourth-order valence-corrected chi connectivity index (χ4v) is 1.01. The summed E-state index contributed by atoms with van der Waals surface area (Å²) in [6, 6.07) is 0. The number of aromatic nitrogens is 1. The van der Waals surface area contributed by atoms with Gasteiger partial charge < -0.3 is 4.55 Å². The van der Waals surface area contributed by atoms with Crippen LogP contribution in [0.25, 0.3) is 0 Å². The van der Waals surface area contributed by atoms with Gasteiger partial charge in [0, 0.05) is 0 Å². The summed E-state index contributed by atoms with van der Waals surface area (Å²) in [4.78, 5) is 2.27. The summed E-state index contributed by atoms with van der Waals surface area (Å²) in [6.45, 7) is 0. The first-order valence-corrected chi connectivity index (χ1v) is 3.63. The standard InChI is InChI=1S/C5H3F2NO2S/c6-3-1-8-2-4(7)5(3)11(9)10/h1-2H,(H,9,10). The van der Waals surface area contributed by atoms with Crippen molar-refractivity contribution < 1.29 is 17.5 Å². The highest BCUT2D eigenvalue weighted by Crippen LogP contribution is 2.12. The Morgan fingerprint density at radius 3 is 2.09 bits per heavy atom. The van der Waals surface area contributed by atoms with E-state index in [2.05, 4.69) is 4.98 Å². The van der Waals surface area contributed by atoms with Crippen LogP contribution < -0.4 is 0 Å². The molecular weight excluding hydrogens is 176 g/mol.